The Kier molecular flexibility index (Phi) is 4.57. The lowest BCUT2D eigenvalue weighted by atomic mass is 10.1. The van der Waals surface area contributed by atoms with E-state index in [1.165, 1.54) is 13.2 Å². The largest absolute Gasteiger partial charge is 0.494 e. The highest BCUT2D eigenvalue weighted by Crippen LogP contribution is 2.34. The maximum atomic E-state index is 12.8. The van der Waals surface area contributed by atoms with Crippen molar-refractivity contribution < 1.29 is 14.3 Å². The lowest BCUT2D eigenvalue weighted by Crippen LogP contribution is -2.24. The highest BCUT2D eigenvalue weighted by atomic mass is 16.5. The molecule has 2 heterocycles. The van der Waals surface area contributed by atoms with E-state index in [0.717, 1.165) is 6.42 Å². The van der Waals surface area contributed by atoms with Crippen molar-refractivity contribution in [3.63, 3.8) is 0 Å². The number of H-pyrrole nitrogens is 1. The van der Waals surface area contributed by atoms with Crippen LogP contribution in [-0.2, 0) is 4.79 Å². The average molecular weight is 377 g/mol. The first-order chi connectivity index (χ1) is 13.6. The molecule has 142 valence electrons. The molecule has 1 fully saturated rings. The maximum absolute atomic E-state index is 12.8. The van der Waals surface area contributed by atoms with Gasteiger partial charge < -0.3 is 19.9 Å². The number of anilines is 2. The van der Waals surface area contributed by atoms with E-state index in [1.807, 2.05) is 6.07 Å². The zero-order valence-electron chi connectivity index (χ0n) is 15.3. The lowest BCUT2D eigenvalue weighted by molar-refractivity contribution is -0.117. The molecule has 0 bridgehead atoms. The molecule has 2 N–H and O–H groups in total. The van der Waals surface area contributed by atoms with E-state index in [-0.39, 0.29) is 17.0 Å². The van der Waals surface area contributed by atoms with Crippen molar-refractivity contribution in [1.82, 2.24) is 4.98 Å². The van der Waals surface area contributed by atoms with E-state index >= 15 is 0 Å². The van der Waals surface area contributed by atoms with E-state index in [4.69, 9.17) is 4.74 Å². The predicted molar refractivity (Wildman–Crippen MR) is 107 cm³/mol. The van der Waals surface area contributed by atoms with Gasteiger partial charge in [-0.05, 0) is 24.6 Å². The number of amides is 2. The van der Waals surface area contributed by atoms with E-state index in [1.54, 1.807) is 41.3 Å². The number of hydrogen-bond acceptors (Lipinski definition) is 4. The fourth-order valence-electron chi connectivity index (χ4n) is 3.47. The van der Waals surface area contributed by atoms with Crippen LogP contribution < -0.4 is 20.5 Å². The van der Waals surface area contributed by atoms with Gasteiger partial charge in [0.2, 0.25) is 11.5 Å². The molecule has 28 heavy (non-hydrogen) atoms. The summed E-state index contributed by atoms with van der Waals surface area (Å²) in [7, 11) is 1.52. The number of aromatic nitrogens is 1. The van der Waals surface area contributed by atoms with Crippen LogP contribution >= 0.6 is 0 Å². The van der Waals surface area contributed by atoms with Crippen molar-refractivity contribution in [2.24, 2.45) is 0 Å². The lowest BCUT2D eigenvalue weighted by Gasteiger charge is -2.19. The number of benzene rings is 2. The Labute approximate surface area is 160 Å². The summed E-state index contributed by atoms with van der Waals surface area (Å²) in [5.41, 5.74) is 1.74. The Bertz CT molecular complexity index is 1140. The topological polar surface area (TPSA) is 91.5 Å². The number of methoxy groups -OCH3 is 1. The Morgan fingerprint density at radius 2 is 1.96 bits per heavy atom. The number of hydrogen-bond donors (Lipinski definition) is 2. The summed E-state index contributed by atoms with van der Waals surface area (Å²) < 4.78 is 5.42. The quantitative estimate of drug-likeness (QED) is 0.731. The molecular weight excluding hydrogens is 358 g/mol. The van der Waals surface area contributed by atoms with Crippen molar-refractivity contribution in [2.45, 2.75) is 12.8 Å². The molecule has 7 heteroatoms. The molecular formula is C21H19N3O4. The molecule has 0 spiro atoms. The maximum Gasteiger partial charge on any atom is 0.256 e. The number of nitrogens with one attached hydrogen (secondary N) is 2. The Balaban J connectivity index is 1.65. The van der Waals surface area contributed by atoms with Gasteiger partial charge in [0, 0.05) is 41.7 Å². The van der Waals surface area contributed by atoms with E-state index in [9.17, 15) is 14.4 Å². The number of nitrogens with zero attached hydrogens (tertiary/aromatic N) is 1. The molecule has 1 aromatic heterocycles. The number of fused-ring (bicyclic) bond motifs is 1. The van der Waals surface area contributed by atoms with E-state index < -0.39 is 5.91 Å². The van der Waals surface area contributed by atoms with Crippen LogP contribution in [0.4, 0.5) is 11.4 Å². The molecule has 1 aliphatic heterocycles. The fourth-order valence-corrected chi connectivity index (χ4v) is 3.47. The molecule has 3 aromatic rings. The van der Waals surface area contributed by atoms with Crippen LogP contribution in [0.25, 0.3) is 10.9 Å². The second kappa shape index (κ2) is 7.19. The van der Waals surface area contributed by atoms with Gasteiger partial charge in [0.15, 0.2) is 0 Å². The third-order valence-electron chi connectivity index (χ3n) is 4.80. The van der Waals surface area contributed by atoms with Crippen molar-refractivity contribution in [2.75, 3.05) is 23.9 Å². The number of carbonyl (C=O) groups is 2. The minimum absolute atomic E-state index is 0.0602. The molecule has 0 aliphatic carbocycles. The molecule has 2 aromatic carbocycles. The van der Waals surface area contributed by atoms with Gasteiger partial charge in [-0.1, -0.05) is 18.2 Å². The zero-order chi connectivity index (χ0) is 19.7. The minimum atomic E-state index is -0.394. The molecule has 0 unspecified atom stereocenters. The fraction of sp³-hybridized carbons (Fsp3) is 0.190. The molecule has 1 saturated heterocycles. The third kappa shape index (κ3) is 3.22. The van der Waals surface area contributed by atoms with Crippen LogP contribution in [-0.4, -0.2) is 30.5 Å². The Morgan fingerprint density at radius 3 is 2.71 bits per heavy atom. The van der Waals surface area contributed by atoms with Gasteiger partial charge in [-0.2, -0.15) is 0 Å². The van der Waals surface area contributed by atoms with E-state index in [2.05, 4.69) is 10.3 Å². The first kappa shape index (κ1) is 17.8. The van der Waals surface area contributed by atoms with E-state index in [0.29, 0.717) is 41.0 Å². The number of rotatable bonds is 4. The number of carbonyl (C=O) groups excluding carboxylic acids is 2. The van der Waals surface area contributed by atoms with Crippen molar-refractivity contribution in [3.8, 4) is 5.75 Å². The number of aromatic amines is 1. The van der Waals surface area contributed by atoms with Crippen LogP contribution in [0, 0.1) is 0 Å². The molecule has 4 rings (SSSR count). The molecule has 7 nitrogen and oxygen atoms in total. The van der Waals surface area contributed by atoms with Gasteiger partial charge in [-0.15, -0.1) is 0 Å². The highest BCUT2D eigenvalue weighted by Gasteiger charge is 2.24. The molecule has 1 aliphatic rings. The standard InChI is InChI=1S/C21H19N3O4/c1-28-18-11-13(8-9-17(18)24-10-4-7-20(24)26)22-21(27)15-12-19(25)23-16-6-3-2-5-14(15)16/h2-3,5-6,8-9,11-12H,4,7,10H2,1H3,(H,22,27)(H,23,25). The summed E-state index contributed by atoms with van der Waals surface area (Å²) in [4.78, 5) is 41.1. The monoisotopic (exact) mass is 377 g/mol. The predicted octanol–water partition coefficient (Wildman–Crippen LogP) is 2.92. The van der Waals surface area contributed by atoms with Crippen LogP contribution in [0.2, 0.25) is 0 Å². The summed E-state index contributed by atoms with van der Waals surface area (Å²) >= 11 is 0. The first-order valence-electron chi connectivity index (χ1n) is 8.98. The van der Waals surface area contributed by atoms with Crippen molar-refractivity contribution in [3.05, 3.63) is 64.4 Å². The molecule has 0 atom stereocenters. The summed E-state index contributed by atoms with van der Waals surface area (Å²) in [6.07, 6.45) is 1.34. The zero-order valence-corrected chi connectivity index (χ0v) is 15.3. The molecule has 0 radical (unpaired) electrons. The number of pyridine rings is 1. The molecule has 2 amide bonds. The second-order valence-electron chi connectivity index (χ2n) is 6.58. The smallest absolute Gasteiger partial charge is 0.256 e. The summed E-state index contributed by atoms with van der Waals surface area (Å²) in [5, 5.41) is 3.46. The normalized spacial score (nSPS) is 13.8. The molecule has 0 saturated carbocycles. The van der Waals surface area contributed by atoms with Gasteiger partial charge in [-0.3, -0.25) is 14.4 Å². The second-order valence-corrected chi connectivity index (χ2v) is 6.58. The van der Waals surface area contributed by atoms with Gasteiger partial charge in [0.05, 0.1) is 18.4 Å². The number of para-hydroxylation sites is 1. The Hall–Kier alpha value is -3.61. The summed E-state index contributed by atoms with van der Waals surface area (Å²) in [6.45, 7) is 0.652. The number of ether oxygens (including phenoxy) is 1. The van der Waals surface area contributed by atoms with Crippen LogP contribution in [0.1, 0.15) is 23.2 Å². The minimum Gasteiger partial charge on any atom is -0.494 e. The van der Waals surface area contributed by atoms with Gasteiger partial charge in [0.1, 0.15) is 5.75 Å². The SMILES string of the molecule is COc1cc(NC(=O)c2cc(=O)[nH]c3ccccc23)ccc1N1CCCC1=O. The summed E-state index contributed by atoms with van der Waals surface area (Å²) in [5.74, 6) is 0.170. The third-order valence-corrected chi connectivity index (χ3v) is 4.80. The first-order valence-corrected chi connectivity index (χ1v) is 8.98. The highest BCUT2D eigenvalue weighted by molar-refractivity contribution is 6.12. The van der Waals surface area contributed by atoms with Crippen LogP contribution in [0.15, 0.2) is 53.3 Å². The van der Waals surface area contributed by atoms with Gasteiger partial charge in [-0.25, -0.2) is 0 Å². The van der Waals surface area contributed by atoms with Crippen molar-refractivity contribution >= 4 is 34.1 Å². The van der Waals surface area contributed by atoms with Crippen molar-refractivity contribution in [1.29, 1.82) is 0 Å². The van der Waals surface area contributed by atoms with Gasteiger partial charge in [0.25, 0.3) is 5.91 Å². The van der Waals surface area contributed by atoms with Crippen LogP contribution in [0.5, 0.6) is 5.75 Å². The average Bonchev–Trinajstić information content (AvgIpc) is 3.12. The summed E-state index contributed by atoms with van der Waals surface area (Å²) in [6, 6.07) is 13.6. The Morgan fingerprint density at radius 1 is 1.14 bits per heavy atom. The van der Waals surface area contributed by atoms with Gasteiger partial charge >= 0.3 is 0 Å². The van der Waals surface area contributed by atoms with Crippen LogP contribution in [0.3, 0.4) is 0 Å².